The van der Waals surface area contributed by atoms with Crippen LogP contribution in [0.2, 0.25) is 0 Å². The van der Waals surface area contributed by atoms with E-state index in [0.29, 0.717) is 5.82 Å². The first-order valence-electron chi connectivity index (χ1n) is 8.21. The molecule has 1 saturated heterocycles. The van der Waals surface area contributed by atoms with Crippen LogP contribution < -0.4 is 10.6 Å². The third kappa shape index (κ3) is 3.29. The lowest BCUT2D eigenvalue weighted by molar-refractivity contribution is 0.0995. The van der Waals surface area contributed by atoms with Crippen LogP contribution in [0.3, 0.4) is 0 Å². The normalized spacial score (nSPS) is 15.6. The van der Waals surface area contributed by atoms with Gasteiger partial charge in [0.05, 0.1) is 18.1 Å². The molecule has 0 spiro atoms. The molecular formula is C17H19N7O. The van der Waals surface area contributed by atoms with Gasteiger partial charge in [0.15, 0.2) is 0 Å². The third-order valence-corrected chi connectivity index (χ3v) is 4.37. The van der Waals surface area contributed by atoms with E-state index >= 15 is 0 Å². The molecule has 128 valence electrons. The molecule has 8 nitrogen and oxygen atoms in total. The topological polar surface area (TPSA) is 92.7 Å². The summed E-state index contributed by atoms with van der Waals surface area (Å²) in [5, 5.41) is 0. The summed E-state index contributed by atoms with van der Waals surface area (Å²) >= 11 is 0. The summed E-state index contributed by atoms with van der Waals surface area (Å²) in [6.07, 6.45) is 7.15. The molecule has 0 saturated carbocycles. The van der Waals surface area contributed by atoms with Crippen molar-refractivity contribution >= 4 is 17.4 Å². The number of primary amides is 1. The van der Waals surface area contributed by atoms with Crippen molar-refractivity contribution in [3.05, 3.63) is 54.4 Å². The van der Waals surface area contributed by atoms with Crippen molar-refractivity contribution < 1.29 is 4.79 Å². The first-order chi connectivity index (χ1) is 12.2. The van der Waals surface area contributed by atoms with Gasteiger partial charge in [-0.05, 0) is 12.1 Å². The highest BCUT2D eigenvalue weighted by Crippen LogP contribution is 2.15. The molecule has 0 aromatic carbocycles. The maximum absolute atomic E-state index is 11.2. The number of carbonyl (C=O) groups is 1. The van der Waals surface area contributed by atoms with Gasteiger partial charge in [-0.15, -0.1) is 0 Å². The average molecular weight is 337 g/mol. The van der Waals surface area contributed by atoms with Crippen LogP contribution in [0.1, 0.15) is 16.2 Å². The van der Waals surface area contributed by atoms with Gasteiger partial charge in [-0.2, -0.15) is 0 Å². The Hall–Kier alpha value is -3.00. The second-order valence-electron chi connectivity index (χ2n) is 6.09. The molecule has 2 N–H and O–H groups in total. The van der Waals surface area contributed by atoms with Crippen LogP contribution in [-0.2, 0) is 6.54 Å². The smallest absolute Gasteiger partial charge is 0.268 e. The minimum Gasteiger partial charge on any atom is -0.364 e. The quantitative estimate of drug-likeness (QED) is 0.747. The van der Waals surface area contributed by atoms with E-state index in [1.807, 2.05) is 28.8 Å². The number of carbonyl (C=O) groups excluding carboxylic acids is 1. The minimum atomic E-state index is -0.556. The number of aromatic nitrogens is 4. The summed E-state index contributed by atoms with van der Waals surface area (Å²) < 4.78 is 2.04. The standard InChI is InChI=1S/C17H19N7O/c18-17(25)14-9-19-10-16(21-14)23-7-5-22(6-8-23)11-13-12-24-4-2-1-3-15(24)20-13/h1-4,9-10,12H,5-8,11H2,(H2,18,25). The zero-order valence-electron chi connectivity index (χ0n) is 13.7. The highest BCUT2D eigenvalue weighted by Gasteiger charge is 2.20. The van der Waals surface area contributed by atoms with Crippen molar-refractivity contribution in [3.63, 3.8) is 0 Å². The van der Waals surface area contributed by atoms with Crippen molar-refractivity contribution in [3.8, 4) is 0 Å². The van der Waals surface area contributed by atoms with E-state index in [2.05, 4.69) is 30.9 Å². The predicted octanol–water partition coefficient (Wildman–Crippen LogP) is 0.545. The molecule has 0 atom stereocenters. The Morgan fingerprint density at radius 3 is 2.72 bits per heavy atom. The number of anilines is 1. The number of rotatable bonds is 4. The average Bonchev–Trinajstić information content (AvgIpc) is 3.04. The Bertz CT molecular complexity index is 866. The number of hydrogen-bond donors (Lipinski definition) is 1. The fourth-order valence-corrected chi connectivity index (χ4v) is 3.05. The van der Waals surface area contributed by atoms with Crippen LogP contribution in [0.4, 0.5) is 5.82 Å². The number of pyridine rings is 1. The van der Waals surface area contributed by atoms with E-state index in [1.165, 1.54) is 6.20 Å². The van der Waals surface area contributed by atoms with Gasteiger partial charge in [0.2, 0.25) is 0 Å². The molecule has 1 aliphatic heterocycles. The Kier molecular flexibility index (Phi) is 4.02. The van der Waals surface area contributed by atoms with E-state index in [4.69, 9.17) is 5.73 Å². The van der Waals surface area contributed by atoms with E-state index in [9.17, 15) is 4.79 Å². The van der Waals surface area contributed by atoms with E-state index in [1.54, 1.807) is 6.20 Å². The molecule has 0 bridgehead atoms. The summed E-state index contributed by atoms with van der Waals surface area (Å²) in [6.45, 7) is 4.27. The van der Waals surface area contributed by atoms with E-state index in [0.717, 1.165) is 44.1 Å². The van der Waals surface area contributed by atoms with E-state index < -0.39 is 5.91 Å². The van der Waals surface area contributed by atoms with Crippen molar-refractivity contribution in [2.75, 3.05) is 31.1 Å². The Balaban J connectivity index is 1.39. The number of fused-ring (bicyclic) bond motifs is 1. The molecule has 1 aliphatic rings. The molecule has 0 radical (unpaired) electrons. The molecule has 1 amide bonds. The number of imidazole rings is 1. The van der Waals surface area contributed by atoms with Gasteiger partial charge in [0.1, 0.15) is 17.2 Å². The van der Waals surface area contributed by atoms with Crippen LogP contribution in [-0.4, -0.2) is 56.3 Å². The first-order valence-corrected chi connectivity index (χ1v) is 8.21. The van der Waals surface area contributed by atoms with Crippen molar-refractivity contribution in [1.82, 2.24) is 24.3 Å². The second kappa shape index (κ2) is 6.48. The molecule has 25 heavy (non-hydrogen) atoms. The maximum atomic E-state index is 11.2. The monoisotopic (exact) mass is 337 g/mol. The Labute approximate surface area is 144 Å². The highest BCUT2D eigenvalue weighted by atomic mass is 16.1. The van der Waals surface area contributed by atoms with E-state index in [-0.39, 0.29) is 5.69 Å². The second-order valence-corrected chi connectivity index (χ2v) is 6.09. The number of nitrogens with zero attached hydrogens (tertiary/aromatic N) is 6. The van der Waals surface area contributed by atoms with Crippen molar-refractivity contribution in [2.45, 2.75) is 6.54 Å². The van der Waals surface area contributed by atoms with Gasteiger partial charge in [-0.25, -0.2) is 9.97 Å². The fraction of sp³-hybridized carbons (Fsp3) is 0.294. The van der Waals surface area contributed by atoms with Gasteiger partial charge in [-0.1, -0.05) is 6.07 Å². The summed E-state index contributed by atoms with van der Waals surface area (Å²) in [6, 6.07) is 6.00. The molecule has 8 heteroatoms. The van der Waals surface area contributed by atoms with Crippen LogP contribution >= 0.6 is 0 Å². The lowest BCUT2D eigenvalue weighted by Crippen LogP contribution is -2.46. The molecule has 0 unspecified atom stereocenters. The van der Waals surface area contributed by atoms with Crippen LogP contribution in [0.5, 0.6) is 0 Å². The molecule has 3 aromatic heterocycles. The van der Waals surface area contributed by atoms with Crippen molar-refractivity contribution in [2.24, 2.45) is 5.73 Å². The number of amides is 1. The molecule has 4 heterocycles. The summed E-state index contributed by atoms with van der Waals surface area (Å²) in [4.78, 5) is 28.7. The van der Waals surface area contributed by atoms with Gasteiger partial charge < -0.3 is 15.0 Å². The Morgan fingerprint density at radius 2 is 1.96 bits per heavy atom. The highest BCUT2D eigenvalue weighted by molar-refractivity contribution is 5.90. The Morgan fingerprint density at radius 1 is 1.12 bits per heavy atom. The number of hydrogen-bond acceptors (Lipinski definition) is 6. The summed E-state index contributed by atoms with van der Waals surface area (Å²) in [5.74, 6) is 0.142. The molecule has 1 fully saturated rings. The number of piperazine rings is 1. The zero-order valence-corrected chi connectivity index (χ0v) is 13.7. The number of nitrogens with two attached hydrogens (primary N) is 1. The fourth-order valence-electron chi connectivity index (χ4n) is 3.05. The van der Waals surface area contributed by atoms with Gasteiger partial charge in [-0.3, -0.25) is 14.7 Å². The van der Waals surface area contributed by atoms with Crippen LogP contribution in [0.25, 0.3) is 5.65 Å². The maximum Gasteiger partial charge on any atom is 0.268 e. The lowest BCUT2D eigenvalue weighted by Gasteiger charge is -2.34. The predicted molar refractivity (Wildman–Crippen MR) is 93.2 cm³/mol. The summed E-state index contributed by atoms with van der Waals surface area (Å²) in [7, 11) is 0. The first kappa shape index (κ1) is 15.5. The molecule has 0 aliphatic carbocycles. The van der Waals surface area contributed by atoms with Gasteiger partial charge in [0, 0.05) is 45.1 Å². The summed E-state index contributed by atoms with van der Waals surface area (Å²) in [5.41, 5.74) is 7.51. The molecular weight excluding hydrogens is 318 g/mol. The van der Waals surface area contributed by atoms with Gasteiger partial charge >= 0.3 is 0 Å². The largest absolute Gasteiger partial charge is 0.364 e. The molecule has 4 rings (SSSR count). The minimum absolute atomic E-state index is 0.199. The zero-order chi connectivity index (χ0) is 17.2. The molecule has 3 aromatic rings. The lowest BCUT2D eigenvalue weighted by atomic mass is 10.3. The third-order valence-electron chi connectivity index (χ3n) is 4.37. The van der Waals surface area contributed by atoms with Crippen LogP contribution in [0, 0.1) is 0 Å². The van der Waals surface area contributed by atoms with Crippen molar-refractivity contribution in [1.29, 1.82) is 0 Å². The SMILES string of the molecule is NC(=O)c1cncc(N2CCN(Cc3cn4ccccc4n3)CC2)n1. The van der Waals surface area contributed by atoms with Gasteiger partial charge in [0.25, 0.3) is 5.91 Å². The van der Waals surface area contributed by atoms with Crippen LogP contribution in [0.15, 0.2) is 43.0 Å².